The zero-order valence-electron chi connectivity index (χ0n) is 6.62. The van der Waals surface area contributed by atoms with Crippen molar-refractivity contribution in [3.05, 3.63) is 0 Å². The summed E-state index contributed by atoms with van der Waals surface area (Å²) in [6, 6.07) is 0. The van der Waals surface area contributed by atoms with Crippen molar-refractivity contribution in [1.29, 1.82) is 0 Å². The van der Waals surface area contributed by atoms with E-state index < -0.39 is 5.92 Å². The van der Waals surface area contributed by atoms with E-state index >= 15 is 0 Å². The number of hydrogen-bond donors (Lipinski definition) is 0. The summed E-state index contributed by atoms with van der Waals surface area (Å²) in [5.41, 5.74) is 0. The summed E-state index contributed by atoms with van der Waals surface area (Å²) in [5.74, 6) is -1.84. The Bertz CT molecular complexity index is 124. The average molecular weight is 274 g/mol. The second kappa shape index (κ2) is 3.54. The number of alkyl halides is 3. The summed E-state index contributed by atoms with van der Waals surface area (Å²) in [4.78, 5) is 0. The third-order valence-corrected chi connectivity index (χ3v) is 3.43. The Hall–Kier alpha value is 0.590. The second-order valence-corrected chi connectivity index (χ2v) is 5.34. The largest absolute Gasteiger partial charge is 0.248 e. The lowest BCUT2D eigenvalue weighted by atomic mass is 9.85. The first kappa shape index (κ1) is 9.68. The van der Waals surface area contributed by atoms with Crippen molar-refractivity contribution in [2.24, 2.45) is 5.92 Å². The maximum atomic E-state index is 12.6. The van der Waals surface area contributed by atoms with E-state index in [4.69, 9.17) is 0 Å². The minimum atomic E-state index is -2.36. The Balaban J connectivity index is 2.36. The number of rotatable bonds is 1. The first-order valence-corrected chi connectivity index (χ1v) is 5.28. The van der Waals surface area contributed by atoms with Gasteiger partial charge in [-0.05, 0) is 18.8 Å². The van der Waals surface area contributed by atoms with Crippen LogP contribution in [0.5, 0.6) is 0 Å². The fourth-order valence-corrected chi connectivity index (χ4v) is 2.24. The normalized spacial score (nSPS) is 28.4. The lowest BCUT2D eigenvalue weighted by Crippen LogP contribution is -2.27. The highest BCUT2D eigenvalue weighted by atomic mass is 127. The lowest BCUT2D eigenvalue weighted by Gasteiger charge is -2.29. The van der Waals surface area contributed by atoms with E-state index in [9.17, 15) is 8.78 Å². The van der Waals surface area contributed by atoms with Crippen LogP contribution < -0.4 is 0 Å². The minimum Gasteiger partial charge on any atom is -0.207 e. The molecule has 0 saturated heterocycles. The number of hydrogen-bond acceptors (Lipinski definition) is 0. The molecule has 0 spiro atoms. The Morgan fingerprint density at radius 2 is 1.82 bits per heavy atom. The zero-order chi connectivity index (χ0) is 8.48. The zero-order valence-corrected chi connectivity index (χ0v) is 8.77. The van der Waals surface area contributed by atoms with Gasteiger partial charge in [0.05, 0.1) is 0 Å². The lowest BCUT2D eigenvalue weighted by molar-refractivity contribution is -0.0450. The molecule has 1 unspecified atom stereocenters. The van der Waals surface area contributed by atoms with Crippen LogP contribution in [0, 0.1) is 5.92 Å². The van der Waals surface area contributed by atoms with Gasteiger partial charge in [-0.15, -0.1) is 0 Å². The molecular formula is C8H13F2I. The van der Waals surface area contributed by atoms with Crippen molar-refractivity contribution in [1.82, 2.24) is 0 Å². The molecule has 0 heterocycles. The molecule has 1 atom stereocenters. The van der Waals surface area contributed by atoms with Gasteiger partial charge >= 0.3 is 0 Å². The fourth-order valence-electron chi connectivity index (χ4n) is 1.52. The van der Waals surface area contributed by atoms with Crippen LogP contribution in [0.2, 0.25) is 0 Å². The van der Waals surface area contributed by atoms with Gasteiger partial charge in [0, 0.05) is 16.8 Å². The van der Waals surface area contributed by atoms with Crippen LogP contribution in [0.25, 0.3) is 0 Å². The molecule has 0 aromatic carbocycles. The van der Waals surface area contributed by atoms with E-state index in [1.165, 1.54) is 0 Å². The first-order chi connectivity index (χ1) is 5.01. The van der Waals surface area contributed by atoms with Gasteiger partial charge in [-0.25, -0.2) is 8.78 Å². The highest BCUT2D eigenvalue weighted by molar-refractivity contribution is 14.1. The molecule has 1 aliphatic rings. The van der Waals surface area contributed by atoms with Gasteiger partial charge in [-0.3, -0.25) is 0 Å². The van der Waals surface area contributed by atoms with Crippen LogP contribution in [-0.2, 0) is 0 Å². The molecule has 3 heteroatoms. The SMILES string of the molecule is CC(I)C1CCC(F)(F)CC1. The molecule has 0 aliphatic heterocycles. The molecule has 1 aliphatic carbocycles. The van der Waals surface area contributed by atoms with Crippen molar-refractivity contribution in [2.75, 3.05) is 0 Å². The van der Waals surface area contributed by atoms with Gasteiger partial charge < -0.3 is 0 Å². The standard InChI is InChI=1S/C8H13F2I/c1-6(11)7-2-4-8(9,10)5-3-7/h6-7H,2-5H2,1H3. The molecule has 66 valence electrons. The molecule has 0 radical (unpaired) electrons. The monoisotopic (exact) mass is 274 g/mol. The van der Waals surface area contributed by atoms with Gasteiger partial charge in [0.2, 0.25) is 5.92 Å². The van der Waals surface area contributed by atoms with Crippen molar-refractivity contribution in [2.45, 2.75) is 42.5 Å². The van der Waals surface area contributed by atoms with Crippen LogP contribution >= 0.6 is 22.6 Å². The fraction of sp³-hybridized carbons (Fsp3) is 1.00. The Labute approximate surface area is 79.9 Å². The quantitative estimate of drug-likeness (QED) is 0.506. The van der Waals surface area contributed by atoms with E-state index in [0.29, 0.717) is 22.7 Å². The maximum absolute atomic E-state index is 12.6. The summed E-state index contributed by atoms with van der Waals surface area (Å²) in [5, 5.41) is 0. The topological polar surface area (TPSA) is 0 Å². The molecule has 1 saturated carbocycles. The van der Waals surface area contributed by atoms with Crippen LogP contribution in [0.3, 0.4) is 0 Å². The molecule has 0 aromatic heterocycles. The van der Waals surface area contributed by atoms with Crippen molar-refractivity contribution in [3.63, 3.8) is 0 Å². The first-order valence-electron chi connectivity index (χ1n) is 4.03. The van der Waals surface area contributed by atoms with Crippen LogP contribution in [-0.4, -0.2) is 9.85 Å². The number of halogens is 3. The predicted octanol–water partition coefficient (Wildman–Crippen LogP) is 3.64. The van der Waals surface area contributed by atoms with E-state index in [1.54, 1.807) is 0 Å². The van der Waals surface area contributed by atoms with Crippen LogP contribution in [0.4, 0.5) is 8.78 Å². The van der Waals surface area contributed by atoms with Crippen molar-refractivity contribution >= 4 is 22.6 Å². The summed E-state index contributed by atoms with van der Waals surface area (Å²) >= 11 is 2.33. The molecule has 0 bridgehead atoms. The predicted molar refractivity (Wildman–Crippen MR) is 50.4 cm³/mol. The summed E-state index contributed by atoms with van der Waals surface area (Å²) in [6.45, 7) is 2.11. The van der Waals surface area contributed by atoms with Gasteiger partial charge in [-0.1, -0.05) is 29.5 Å². The van der Waals surface area contributed by atoms with E-state index in [-0.39, 0.29) is 12.8 Å². The van der Waals surface area contributed by atoms with Gasteiger partial charge in [0.15, 0.2) is 0 Å². The highest BCUT2D eigenvalue weighted by Gasteiger charge is 2.35. The Morgan fingerprint density at radius 1 is 1.36 bits per heavy atom. The minimum absolute atomic E-state index is 0.102. The van der Waals surface area contributed by atoms with Crippen molar-refractivity contribution in [3.8, 4) is 0 Å². The van der Waals surface area contributed by atoms with E-state index in [2.05, 4.69) is 29.5 Å². The van der Waals surface area contributed by atoms with Gasteiger partial charge in [0.25, 0.3) is 0 Å². The smallest absolute Gasteiger partial charge is 0.207 e. The average Bonchev–Trinajstić information content (AvgIpc) is 1.86. The van der Waals surface area contributed by atoms with Gasteiger partial charge in [-0.2, -0.15) is 0 Å². The molecule has 11 heavy (non-hydrogen) atoms. The Kier molecular flexibility index (Phi) is 3.11. The molecule has 0 amide bonds. The van der Waals surface area contributed by atoms with Crippen LogP contribution in [0.15, 0.2) is 0 Å². The third-order valence-electron chi connectivity index (χ3n) is 2.41. The Morgan fingerprint density at radius 3 is 2.18 bits per heavy atom. The van der Waals surface area contributed by atoms with E-state index in [1.807, 2.05) is 0 Å². The van der Waals surface area contributed by atoms with Gasteiger partial charge in [0.1, 0.15) is 0 Å². The molecular weight excluding hydrogens is 261 g/mol. The summed E-state index contributed by atoms with van der Waals surface area (Å²) in [7, 11) is 0. The third kappa shape index (κ3) is 2.84. The summed E-state index contributed by atoms with van der Waals surface area (Å²) < 4.78 is 25.8. The molecule has 0 N–H and O–H groups in total. The molecule has 1 fully saturated rings. The molecule has 1 rings (SSSR count). The molecule has 0 aromatic rings. The van der Waals surface area contributed by atoms with Crippen molar-refractivity contribution < 1.29 is 8.78 Å². The van der Waals surface area contributed by atoms with Crippen LogP contribution in [0.1, 0.15) is 32.6 Å². The summed E-state index contributed by atoms with van der Waals surface area (Å²) in [6.07, 6.45) is 1.62. The maximum Gasteiger partial charge on any atom is 0.248 e. The van der Waals surface area contributed by atoms with E-state index in [0.717, 1.165) is 0 Å². The second-order valence-electron chi connectivity index (χ2n) is 3.37. The molecule has 0 nitrogen and oxygen atoms in total. The highest BCUT2D eigenvalue weighted by Crippen LogP contribution is 2.38.